The molecule has 1 saturated heterocycles. The van der Waals surface area contributed by atoms with Gasteiger partial charge in [0.25, 0.3) is 0 Å². The lowest BCUT2D eigenvalue weighted by atomic mass is 10.2. The van der Waals surface area contributed by atoms with Gasteiger partial charge in [0.15, 0.2) is 0 Å². The second kappa shape index (κ2) is 9.96. The van der Waals surface area contributed by atoms with Crippen molar-refractivity contribution < 1.29 is 8.42 Å². The van der Waals surface area contributed by atoms with Crippen LogP contribution in [-0.4, -0.2) is 25.8 Å². The molecule has 2 rings (SSSR count). The normalized spacial score (nSPS) is 15.3. The highest BCUT2D eigenvalue weighted by Crippen LogP contribution is 2.23. The number of benzene rings is 1. The molecule has 0 amide bonds. The molecule has 0 bridgehead atoms. The van der Waals surface area contributed by atoms with Gasteiger partial charge in [0.1, 0.15) is 0 Å². The van der Waals surface area contributed by atoms with Crippen LogP contribution in [0.25, 0.3) is 0 Å². The van der Waals surface area contributed by atoms with Gasteiger partial charge in [0, 0.05) is 13.1 Å². The van der Waals surface area contributed by atoms with Crippen molar-refractivity contribution >= 4 is 10.0 Å². The Balaban J connectivity index is 0.000000921. The van der Waals surface area contributed by atoms with E-state index in [2.05, 4.69) is 0 Å². The summed E-state index contributed by atoms with van der Waals surface area (Å²) in [5.41, 5.74) is 1.83. The van der Waals surface area contributed by atoms with E-state index in [1.54, 1.807) is 10.4 Å². The maximum absolute atomic E-state index is 12.5. The van der Waals surface area contributed by atoms with Crippen molar-refractivity contribution in [1.82, 2.24) is 4.31 Å². The molecule has 0 radical (unpaired) electrons. The number of piperidine rings is 1. The molecular formula is C17H31NO2S. The molecule has 0 aromatic heterocycles. The van der Waals surface area contributed by atoms with Crippen molar-refractivity contribution in [2.75, 3.05) is 13.1 Å². The third kappa shape index (κ3) is 5.44. The summed E-state index contributed by atoms with van der Waals surface area (Å²) >= 11 is 0. The third-order valence-electron chi connectivity index (χ3n) is 3.28. The molecular weight excluding hydrogens is 282 g/mol. The first kappa shape index (κ1) is 20.1. The summed E-state index contributed by atoms with van der Waals surface area (Å²) in [7, 11) is -3.28. The van der Waals surface area contributed by atoms with Gasteiger partial charge in [0.2, 0.25) is 10.0 Å². The van der Waals surface area contributed by atoms with Gasteiger partial charge in [-0.25, -0.2) is 8.42 Å². The molecule has 122 valence electrons. The number of rotatable bonds is 2. The zero-order chi connectivity index (χ0) is 16.5. The van der Waals surface area contributed by atoms with E-state index in [9.17, 15) is 8.42 Å². The highest BCUT2D eigenvalue weighted by atomic mass is 32.2. The second-order valence-corrected chi connectivity index (χ2v) is 6.64. The van der Waals surface area contributed by atoms with Gasteiger partial charge < -0.3 is 0 Å². The first-order chi connectivity index (χ1) is 10.0. The topological polar surface area (TPSA) is 37.4 Å². The molecule has 4 heteroatoms. The predicted octanol–water partition coefficient (Wildman–Crippen LogP) is 4.53. The van der Waals surface area contributed by atoms with Gasteiger partial charge in [-0.2, -0.15) is 4.31 Å². The first-order valence-corrected chi connectivity index (χ1v) is 9.53. The molecule has 0 saturated carbocycles. The van der Waals surface area contributed by atoms with E-state index in [1.807, 2.05) is 53.7 Å². The molecule has 0 N–H and O–H groups in total. The SMILES string of the molecule is CC.CC.Cc1ccc(C)c(S(=O)(=O)N2CCCCC2)c1. The monoisotopic (exact) mass is 313 g/mol. The van der Waals surface area contributed by atoms with Crippen LogP contribution in [0.15, 0.2) is 23.1 Å². The quantitative estimate of drug-likeness (QED) is 0.804. The zero-order valence-corrected chi connectivity index (χ0v) is 15.3. The van der Waals surface area contributed by atoms with E-state index in [-0.39, 0.29) is 0 Å². The van der Waals surface area contributed by atoms with E-state index < -0.39 is 10.0 Å². The molecule has 1 aliphatic heterocycles. The fourth-order valence-corrected chi connectivity index (χ4v) is 4.06. The Morgan fingerprint density at radius 2 is 1.43 bits per heavy atom. The molecule has 0 unspecified atom stereocenters. The summed E-state index contributed by atoms with van der Waals surface area (Å²) in [6.07, 6.45) is 3.09. The van der Waals surface area contributed by atoms with Gasteiger partial charge >= 0.3 is 0 Å². The van der Waals surface area contributed by atoms with E-state index in [1.165, 1.54) is 0 Å². The average Bonchev–Trinajstić information content (AvgIpc) is 2.54. The van der Waals surface area contributed by atoms with Crippen LogP contribution in [0.5, 0.6) is 0 Å². The fourth-order valence-electron chi connectivity index (χ4n) is 2.23. The van der Waals surface area contributed by atoms with Crippen molar-refractivity contribution in [3.05, 3.63) is 29.3 Å². The summed E-state index contributed by atoms with van der Waals surface area (Å²) in [6.45, 7) is 13.1. The van der Waals surface area contributed by atoms with Crippen molar-refractivity contribution in [3.8, 4) is 0 Å². The smallest absolute Gasteiger partial charge is 0.207 e. The standard InChI is InChI=1S/C13H19NO2S.2C2H6/c1-11-6-7-12(2)13(10-11)17(15,16)14-8-4-3-5-9-14;2*1-2/h6-7,10H,3-5,8-9H2,1-2H3;2*1-2H3. The lowest BCUT2D eigenvalue weighted by Gasteiger charge is -2.26. The van der Waals surface area contributed by atoms with Gasteiger partial charge in [-0.1, -0.05) is 46.2 Å². The maximum Gasteiger partial charge on any atom is 0.243 e. The Kier molecular flexibility index (Phi) is 9.54. The van der Waals surface area contributed by atoms with E-state index in [0.717, 1.165) is 30.4 Å². The van der Waals surface area contributed by atoms with Crippen LogP contribution in [0.1, 0.15) is 58.1 Å². The predicted molar refractivity (Wildman–Crippen MR) is 91.2 cm³/mol. The first-order valence-electron chi connectivity index (χ1n) is 8.09. The van der Waals surface area contributed by atoms with Gasteiger partial charge in [-0.3, -0.25) is 0 Å². The van der Waals surface area contributed by atoms with Crippen molar-refractivity contribution in [3.63, 3.8) is 0 Å². The number of hydrogen-bond donors (Lipinski definition) is 0. The van der Waals surface area contributed by atoms with Gasteiger partial charge in [-0.05, 0) is 43.9 Å². The van der Waals surface area contributed by atoms with E-state index >= 15 is 0 Å². The average molecular weight is 314 g/mol. The molecule has 1 aromatic carbocycles. The number of sulfonamides is 1. The number of aryl methyl sites for hydroxylation is 2. The molecule has 0 spiro atoms. The Hall–Kier alpha value is -0.870. The van der Waals surface area contributed by atoms with Gasteiger partial charge in [-0.15, -0.1) is 0 Å². The fraction of sp³-hybridized carbons (Fsp3) is 0.647. The molecule has 1 fully saturated rings. The van der Waals surface area contributed by atoms with Crippen LogP contribution in [0, 0.1) is 13.8 Å². The highest BCUT2D eigenvalue weighted by molar-refractivity contribution is 7.89. The van der Waals surface area contributed by atoms with E-state index in [4.69, 9.17) is 0 Å². The molecule has 1 heterocycles. The largest absolute Gasteiger partial charge is 0.243 e. The lowest BCUT2D eigenvalue weighted by molar-refractivity contribution is 0.346. The van der Waals surface area contributed by atoms with Crippen LogP contribution in [0.2, 0.25) is 0 Å². The Morgan fingerprint density at radius 1 is 0.905 bits per heavy atom. The van der Waals surface area contributed by atoms with Crippen molar-refractivity contribution in [1.29, 1.82) is 0 Å². The van der Waals surface area contributed by atoms with Crippen LogP contribution in [-0.2, 0) is 10.0 Å². The molecule has 21 heavy (non-hydrogen) atoms. The van der Waals surface area contributed by atoms with Crippen molar-refractivity contribution in [2.45, 2.75) is 65.7 Å². The van der Waals surface area contributed by atoms with Crippen LogP contribution in [0.3, 0.4) is 0 Å². The number of nitrogens with zero attached hydrogens (tertiary/aromatic N) is 1. The highest BCUT2D eigenvalue weighted by Gasteiger charge is 2.27. The third-order valence-corrected chi connectivity index (χ3v) is 5.32. The lowest BCUT2D eigenvalue weighted by Crippen LogP contribution is -2.35. The minimum atomic E-state index is -3.28. The van der Waals surface area contributed by atoms with Crippen LogP contribution in [0.4, 0.5) is 0 Å². The minimum Gasteiger partial charge on any atom is -0.207 e. The molecule has 0 aliphatic carbocycles. The Morgan fingerprint density at radius 3 is 1.95 bits per heavy atom. The summed E-state index contributed by atoms with van der Waals surface area (Å²) in [5, 5.41) is 0. The van der Waals surface area contributed by atoms with Gasteiger partial charge in [0.05, 0.1) is 4.90 Å². The summed E-state index contributed by atoms with van der Waals surface area (Å²) in [5.74, 6) is 0. The van der Waals surface area contributed by atoms with Crippen LogP contribution < -0.4 is 0 Å². The summed E-state index contributed by atoms with van der Waals surface area (Å²) in [4.78, 5) is 0.472. The minimum absolute atomic E-state index is 0.472. The summed E-state index contributed by atoms with van der Waals surface area (Å²) in [6, 6.07) is 5.61. The van der Waals surface area contributed by atoms with Crippen molar-refractivity contribution in [2.24, 2.45) is 0 Å². The summed E-state index contributed by atoms with van der Waals surface area (Å²) < 4.78 is 26.6. The molecule has 1 aromatic rings. The maximum atomic E-state index is 12.5. The molecule has 3 nitrogen and oxygen atoms in total. The molecule has 0 atom stereocenters. The zero-order valence-electron chi connectivity index (χ0n) is 14.4. The van der Waals surface area contributed by atoms with E-state index in [0.29, 0.717) is 18.0 Å². The molecule has 1 aliphatic rings. The Bertz CT molecular complexity index is 504. The second-order valence-electron chi connectivity index (χ2n) is 4.73. The Labute approximate surface area is 131 Å². The number of hydrogen-bond acceptors (Lipinski definition) is 2. The van der Waals surface area contributed by atoms with Crippen LogP contribution >= 0.6 is 0 Å².